The van der Waals surface area contributed by atoms with Crippen LogP contribution in [-0.4, -0.2) is 51.1 Å². The summed E-state index contributed by atoms with van der Waals surface area (Å²) in [5, 5.41) is 3.48. The number of rotatable bonds is 4. The molecule has 3 atom stereocenters. The number of pyridine rings is 1. The van der Waals surface area contributed by atoms with Gasteiger partial charge in [-0.05, 0) is 51.5 Å². The zero-order valence-corrected chi connectivity index (χ0v) is 18.5. The number of aromatic amines is 1. The number of aryl methyl sites for hydroxylation is 1. The van der Waals surface area contributed by atoms with Crippen LogP contribution in [0.25, 0.3) is 10.9 Å². The molecule has 168 valence electrons. The van der Waals surface area contributed by atoms with Crippen LogP contribution in [0.4, 0.5) is 10.2 Å². The summed E-state index contributed by atoms with van der Waals surface area (Å²) in [5.74, 6) is -0.306. The third kappa shape index (κ3) is 4.47. The molecule has 4 rings (SSSR count). The highest BCUT2D eigenvalue weighted by Crippen LogP contribution is 2.23. The van der Waals surface area contributed by atoms with E-state index in [4.69, 9.17) is 4.74 Å². The van der Waals surface area contributed by atoms with Crippen molar-refractivity contribution >= 4 is 22.6 Å². The van der Waals surface area contributed by atoms with Gasteiger partial charge in [-0.3, -0.25) is 9.59 Å². The van der Waals surface area contributed by atoms with Crippen molar-refractivity contribution in [3.8, 4) is 0 Å². The van der Waals surface area contributed by atoms with Gasteiger partial charge in [-0.15, -0.1) is 0 Å². The van der Waals surface area contributed by atoms with Gasteiger partial charge in [0.15, 0.2) is 11.6 Å². The number of carbonyl (C=O) groups excluding carboxylic acids is 1. The van der Waals surface area contributed by atoms with Crippen LogP contribution < -0.4 is 10.9 Å². The zero-order chi connectivity index (χ0) is 23.0. The Balaban J connectivity index is 1.52. The molecule has 0 radical (unpaired) electrons. The minimum atomic E-state index is -0.618. The summed E-state index contributed by atoms with van der Waals surface area (Å²) >= 11 is 0. The van der Waals surface area contributed by atoms with E-state index in [1.165, 1.54) is 12.3 Å². The van der Waals surface area contributed by atoms with Gasteiger partial charge in [-0.2, -0.15) is 0 Å². The molecule has 1 amide bonds. The Labute approximate surface area is 184 Å². The topological polar surface area (TPSA) is 100 Å². The lowest BCUT2D eigenvalue weighted by Crippen LogP contribution is -2.48. The number of ether oxygens (including phenoxy) is 1. The van der Waals surface area contributed by atoms with Gasteiger partial charge in [-0.1, -0.05) is 6.07 Å². The molecule has 3 unspecified atom stereocenters. The fraction of sp³-hybridized carbons (Fsp3) is 0.391. The number of fused-ring (bicyclic) bond motifs is 1. The first-order valence-electron chi connectivity index (χ1n) is 10.6. The van der Waals surface area contributed by atoms with Crippen molar-refractivity contribution < 1.29 is 13.9 Å². The molecule has 1 saturated heterocycles. The number of hydrogen-bond acceptors (Lipinski definition) is 6. The number of hydrogen-bond donors (Lipinski definition) is 2. The predicted molar refractivity (Wildman–Crippen MR) is 119 cm³/mol. The van der Waals surface area contributed by atoms with Crippen LogP contribution in [-0.2, 0) is 4.74 Å². The fourth-order valence-corrected chi connectivity index (χ4v) is 4.02. The minimum Gasteiger partial charge on any atom is -0.372 e. The van der Waals surface area contributed by atoms with E-state index in [1.54, 1.807) is 24.0 Å². The predicted octanol–water partition coefficient (Wildman–Crippen LogP) is 3.19. The van der Waals surface area contributed by atoms with Gasteiger partial charge in [-0.25, -0.2) is 14.4 Å². The van der Waals surface area contributed by atoms with E-state index in [1.807, 2.05) is 26.8 Å². The molecule has 1 aliphatic heterocycles. The largest absolute Gasteiger partial charge is 0.372 e. The number of nitrogens with one attached hydrogen (secondary N) is 2. The Morgan fingerprint density at radius 3 is 2.69 bits per heavy atom. The second-order valence-corrected chi connectivity index (χ2v) is 8.32. The molecule has 3 aromatic rings. The summed E-state index contributed by atoms with van der Waals surface area (Å²) in [6, 6.07) is 6.20. The first-order chi connectivity index (χ1) is 15.2. The van der Waals surface area contributed by atoms with E-state index in [-0.39, 0.29) is 41.1 Å². The molecule has 2 N–H and O–H groups in total. The maximum atomic E-state index is 14.8. The SMILES string of the molecule is Cc1nc2ccc(C(C)Nc3ncc(C(=O)N4CC(C)OC(C)C4)cc3F)cc2c(=O)[nH]1. The minimum absolute atomic E-state index is 0.0359. The van der Waals surface area contributed by atoms with Crippen molar-refractivity contribution in [3.63, 3.8) is 0 Å². The monoisotopic (exact) mass is 439 g/mol. The first-order valence-corrected chi connectivity index (χ1v) is 10.6. The van der Waals surface area contributed by atoms with Gasteiger partial charge < -0.3 is 19.9 Å². The molecule has 1 aromatic carbocycles. The number of benzene rings is 1. The lowest BCUT2D eigenvalue weighted by Gasteiger charge is -2.35. The number of carbonyl (C=O) groups is 1. The van der Waals surface area contributed by atoms with Crippen molar-refractivity contribution in [3.05, 3.63) is 63.6 Å². The van der Waals surface area contributed by atoms with Crippen LogP contribution in [0, 0.1) is 12.7 Å². The van der Waals surface area contributed by atoms with E-state index < -0.39 is 5.82 Å². The summed E-state index contributed by atoms with van der Waals surface area (Å²) < 4.78 is 20.4. The molecule has 0 aliphatic carbocycles. The Hall–Kier alpha value is -3.33. The summed E-state index contributed by atoms with van der Waals surface area (Å²) in [7, 11) is 0. The summed E-state index contributed by atoms with van der Waals surface area (Å²) in [6.07, 6.45) is 1.23. The molecular weight excluding hydrogens is 413 g/mol. The Morgan fingerprint density at radius 2 is 2.00 bits per heavy atom. The Bertz CT molecular complexity index is 1220. The maximum absolute atomic E-state index is 14.8. The van der Waals surface area contributed by atoms with Crippen LogP contribution in [0.1, 0.15) is 48.6 Å². The van der Waals surface area contributed by atoms with E-state index in [0.29, 0.717) is 29.8 Å². The Morgan fingerprint density at radius 1 is 1.28 bits per heavy atom. The lowest BCUT2D eigenvalue weighted by atomic mass is 10.1. The molecule has 3 heterocycles. The molecule has 8 nitrogen and oxygen atoms in total. The van der Waals surface area contributed by atoms with Crippen molar-refractivity contribution in [1.82, 2.24) is 19.9 Å². The lowest BCUT2D eigenvalue weighted by molar-refractivity contribution is -0.0586. The van der Waals surface area contributed by atoms with Crippen LogP contribution in [0.3, 0.4) is 0 Å². The average molecular weight is 439 g/mol. The standard InChI is InChI=1S/C23H26FN5O3/c1-12-10-29(11-13(2)32-12)23(31)17-8-19(24)21(25-9-17)26-14(3)16-5-6-20-18(7-16)22(30)28-15(4)27-20/h5-9,12-14H,10-11H2,1-4H3,(H,25,26)(H,27,28,30). The van der Waals surface area contributed by atoms with Gasteiger partial charge in [0.25, 0.3) is 11.5 Å². The van der Waals surface area contributed by atoms with Gasteiger partial charge in [0.2, 0.25) is 0 Å². The molecule has 32 heavy (non-hydrogen) atoms. The summed E-state index contributed by atoms with van der Waals surface area (Å²) in [5.41, 5.74) is 1.36. The fourth-order valence-electron chi connectivity index (χ4n) is 4.02. The first kappa shape index (κ1) is 21.9. The zero-order valence-electron chi connectivity index (χ0n) is 18.5. The van der Waals surface area contributed by atoms with Crippen LogP contribution in [0.5, 0.6) is 0 Å². The second-order valence-electron chi connectivity index (χ2n) is 8.32. The molecule has 0 spiro atoms. The normalized spacial score (nSPS) is 19.7. The van der Waals surface area contributed by atoms with Crippen molar-refractivity contribution in [2.75, 3.05) is 18.4 Å². The summed E-state index contributed by atoms with van der Waals surface area (Å²) in [6.45, 7) is 8.28. The molecule has 1 fully saturated rings. The van der Waals surface area contributed by atoms with E-state index in [2.05, 4.69) is 20.3 Å². The highest BCUT2D eigenvalue weighted by Gasteiger charge is 2.27. The maximum Gasteiger partial charge on any atom is 0.258 e. The molecule has 0 bridgehead atoms. The molecule has 9 heteroatoms. The van der Waals surface area contributed by atoms with Crippen molar-refractivity contribution in [2.45, 2.75) is 45.9 Å². The van der Waals surface area contributed by atoms with Crippen LogP contribution >= 0.6 is 0 Å². The Kier molecular flexibility index (Phi) is 5.92. The number of H-pyrrole nitrogens is 1. The number of anilines is 1. The smallest absolute Gasteiger partial charge is 0.258 e. The van der Waals surface area contributed by atoms with E-state index in [0.717, 1.165) is 5.56 Å². The molecular formula is C23H26FN5O3. The van der Waals surface area contributed by atoms with Gasteiger partial charge in [0.1, 0.15) is 5.82 Å². The van der Waals surface area contributed by atoms with Crippen molar-refractivity contribution in [2.24, 2.45) is 0 Å². The van der Waals surface area contributed by atoms with E-state index in [9.17, 15) is 14.0 Å². The third-order valence-corrected chi connectivity index (χ3v) is 5.50. The number of morpholine rings is 1. The van der Waals surface area contributed by atoms with Crippen molar-refractivity contribution in [1.29, 1.82) is 0 Å². The van der Waals surface area contributed by atoms with Gasteiger partial charge in [0.05, 0.1) is 34.7 Å². The number of aromatic nitrogens is 3. The number of halogens is 1. The van der Waals surface area contributed by atoms with Gasteiger partial charge >= 0.3 is 0 Å². The highest BCUT2D eigenvalue weighted by atomic mass is 19.1. The van der Waals surface area contributed by atoms with Crippen LogP contribution in [0.2, 0.25) is 0 Å². The number of nitrogens with zero attached hydrogens (tertiary/aromatic N) is 3. The third-order valence-electron chi connectivity index (χ3n) is 5.50. The summed E-state index contributed by atoms with van der Waals surface area (Å²) in [4.78, 5) is 37.8. The number of amides is 1. The molecule has 0 saturated carbocycles. The quantitative estimate of drug-likeness (QED) is 0.648. The second kappa shape index (κ2) is 8.66. The van der Waals surface area contributed by atoms with Crippen LogP contribution in [0.15, 0.2) is 35.3 Å². The van der Waals surface area contributed by atoms with E-state index >= 15 is 0 Å². The van der Waals surface area contributed by atoms with Gasteiger partial charge in [0, 0.05) is 19.3 Å². The molecule has 1 aliphatic rings. The highest BCUT2D eigenvalue weighted by molar-refractivity contribution is 5.94. The average Bonchev–Trinajstić information content (AvgIpc) is 2.73. The molecule has 2 aromatic heterocycles.